The van der Waals surface area contributed by atoms with Crippen molar-refractivity contribution < 1.29 is 13.0 Å². The van der Waals surface area contributed by atoms with E-state index in [9.17, 15) is 13.0 Å². The van der Waals surface area contributed by atoms with Gasteiger partial charge in [-0.3, -0.25) is 4.21 Å². The number of pyridine rings is 1. The number of aromatic nitrogens is 1. The van der Waals surface area contributed by atoms with Gasteiger partial charge in [0.1, 0.15) is 5.82 Å². The Kier molecular flexibility index (Phi) is 3.48. The van der Waals surface area contributed by atoms with Crippen LogP contribution in [0, 0.1) is 11.6 Å². The van der Waals surface area contributed by atoms with Gasteiger partial charge in [0.05, 0.1) is 6.20 Å². The van der Waals surface area contributed by atoms with E-state index in [-0.39, 0.29) is 11.9 Å². The van der Waals surface area contributed by atoms with Crippen molar-refractivity contribution in [3.05, 3.63) is 23.9 Å². The van der Waals surface area contributed by atoms with Crippen LogP contribution in [-0.4, -0.2) is 26.7 Å². The minimum absolute atomic E-state index is 0.0686. The summed E-state index contributed by atoms with van der Waals surface area (Å²) < 4.78 is 37.0. The Morgan fingerprint density at radius 1 is 1.38 bits per heavy atom. The summed E-state index contributed by atoms with van der Waals surface area (Å²) >= 11 is 0. The predicted octanol–water partition coefficient (Wildman–Crippen LogP) is 1.68. The van der Waals surface area contributed by atoms with Crippen LogP contribution in [0.25, 0.3) is 0 Å². The van der Waals surface area contributed by atoms with Crippen molar-refractivity contribution in [1.29, 1.82) is 0 Å². The van der Waals surface area contributed by atoms with Crippen LogP contribution in [0.3, 0.4) is 0 Å². The third-order valence-corrected chi connectivity index (χ3v) is 3.92. The fourth-order valence-corrected chi connectivity index (χ4v) is 2.95. The van der Waals surface area contributed by atoms with Gasteiger partial charge >= 0.3 is 0 Å². The maximum Gasteiger partial charge on any atom is 0.168 e. The number of rotatable bonds is 2. The van der Waals surface area contributed by atoms with Gasteiger partial charge in [-0.1, -0.05) is 0 Å². The number of anilines is 1. The summed E-state index contributed by atoms with van der Waals surface area (Å²) in [5, 5.41) is 2.91. The lowest BCUT2D eigenvalue weighted by molar-refractivity contribution is 0.567. The summed E-state index contributed by atoms with van der Waals surface area (Å²) in [4.78, 5) is 3.65. The molecule has 0 bridgehead atoms. The Hall–Kier alpha value is -1.04. The lowest BCUT2D eigenvalue weighted by Gasteiger charge is -2.23. The van der Waals surface area contributed by atoms with E-state index in [0.717, 1.165) is 25.1 Å². The fourth-order valence-electron chi connectivity index (χ4n) is 1.65. The Bertz CT molecular complexity index is 404. The molecule has 1 fully saturated rings. The van der Waals surface area contributed by atoms with Crippen LogP contribution < -0.4 is 5.32 Å². The van der Waals surface area contributed by atoms with Crippen LogP contribution in [0.2, 0.25) is 0 Å². The molecule has 3 nitrogen and oxygen atoms in total. The first-order chi connectivity index (χ1) is 7.65. The van der Waals surface area contributed by atoms with Crippen molar-refractivity contribution >= 4 is 16.6 Å². The number of nitrogens with one attached hydrogen (secondary N) is 1. The zero-order valence-corrected chi connectivity index (χ0v) is 9.40. The van der Waals surface area contributed by atoms with Gasteiger partial charge in [0.25, 0.3) is 0 Å². The van der Waals surface area contributed by atoms with E-state index in [1.54, 1.807) is 0 Å². The highest BCUT2D eigenvalue weighted by Crippen LogP contribution is 2.17. The molecule has 0 unspecified atom stereocenters. The summed E-state index contributed by atoms with van der Waals surface area (Å²) in [5.74, 6) is -0.0559. The highest BCUT2D eigenvalue weighted by molar-refractivity contribution is 7.85. The molecule has 0 amide bonds. The minimum atomic E-state index is -0.742. The standard InChI is InChI=1S/C10H12F2N2OS/c11-7-5-9(12)10(13-6-7)14-8-1-3-16(15)4-2-8/h5-6,8H,1-4H2,(H,13,14). The SMILES string of the molecule is O=S1CCC(Nc2ncc(F)cc2F)CC1. The summed E-state index contributed by atoms with van der Waals surface area (Å²) in [6.45, 7) is 0. The summed E-state index contributed by atoms with van der Waals surface area (Å²) in [5.41, 5.74) is 0. The van der Waals surface area contributed by atoms with E-state index in [4.69, 9.17) is 0 Å². The predicted molar refractivity (Wildman–Crippen MR) is 58.7 cm³/mol. The molecule has 1 aliphatic rings. The number of nitrogens with zero attached hydrogens (tertiary/aromatic N) is 1. The van der Waals surface area contributed by atoms with Crippen LogP contribution in [0.5, 0.6) is 0 Å². The molecule has 0 saturated carbocycles. The Labute approximate surface area is 94.7 Å². The highest BCUT2D eigenvalue weighted by Gasteiger charge is 2.19. The van der Waals surface area contributed by atoms with Gasteiger partial charge in [-0.2, -0.15) is 0 Å². The molecule has 2 heterocycles. The Morgan fingerprint density at radius 3 is 2.69 bits per heavy atom. The van der Waals surface area contributed by atoms with Gasteiger partial charge in [-0.05, 0) is 12.8 Å². The molecule has 0 atom stereocenters. The van der Waals surface area contributed by atoms with Crippen molar-refractivity contribution in [2.24, 2.45) is 0 Å². The van der Waals surface area contributed by atoms with E-state index < -0.39 is 22.4 Å². The largest absolute Gasteiger partial charge is 0.365 e. The maximum atomic E-state index is 13.3. The first-order valence-electron chi connectivity index (χ1n) is 5.07. The molecule has 1 N–H and O–H groups in total. The fraction of sp³-hybridized carbons (Fsp3) is 0.500. The third kappa shape index (κ3) is 2.75. The van der Waals surface area contributed by atoms with Gasteiger partial charge < -0.3 is 5.32 Å². The topological polar surface area (TPSA) is 42.0 Å². The minimum Gasteiger partial charge on any atom is -0.365 e. The van der Waals surface area contributed by atoms with Gasteiger partial charge in [-0.15, -0.1) is 0 Å². The summed E-state index contributed by atoms with van der Waals surface area (Å²) in [6, 6.07) is 0.876. The van der Waals surface area contributed by atoms with E-state index in [2.05, 4.69) is 10.3 Å². The second kappa shape index (κ2) is 4.86. The molecule has 0 aliphatic carbocycles. The van der Waals surface area contributed by atoms with Gasteiger partial charge in [-0.25, -0.2) is 13.8 Å². The normalized spacial score (nSPS) is 25.4. The average molecular weight is 246 g/mol. The van der Waals surface area contributed by atoms with Crippen molar-refractivity contribution in [3.8, 4) is 0 Å². The van der Waals surface area contributed by atoms with Crippen molar-refractivity contribution in [2.75, 3.05) is 16.8 Å². The van der Waals surface area contributed by atoms with E-state index in [0.29, 0.717) is 11.5 Å². The number of hydrogen-bond donors (Lipinski definition) is 1. The zero-order chi connectivity index (χ0) is 11.5. The van der Waals surface area contributed by atoms with Crippen molar-refractivity contribution in [2.45, 2.75) is 18.9 Å². The monoisotopic (exact) mass is 246 g/mol. The number of halogens is 2. The van der Waals surface area contributed by atoms with E-state index in [1.807, 2.05) is 0 Å². The van der Waals surface area contributed by atoms with Gasteiger partial charge in [0.15, 0.2) is 11.6 Å². The molecule has 1 aromatic heterocycles. The highest BCUT2D eigenvalue weighted by atomic mass is 32.2. The van der Waals surface area contributed by atoms with Crippen LogP contribution in [-0.2, 0) is 10.8 Å². The second-order valence-electron chi connectivity index (χ2n) is 3.75. The molecule has 1 aliphatic heterocycles. The van der Waals surface area contributed by atoms with Crippen molar-refractivity contribution in [1.82, 2.24) is 4.98 Å². The van der Waals surface area contributed by atoms with Crippen molar-refractivity contribution in [3.63, 3.8) is 0 Å². The molecule has 0 radical (unpaired) electrons. The molecule has 2 rings (SSSR count). The van der Waals surface area contributed by atoms with Crippen LogP contribution >= 0.6 is 0 Å². The third-order valence-electron chi connectivity index (χ3n) is 2.54. The molecule has 0 spiro atoms. The smallest absolute Gasteiger partial charge is 0.168 e. The molecular formula is C10H12F2N2OS. The Morgan fingerprint density at radius 2 is 2.06 bits per heavy atom. The molecule has 1 saturated heterocycles. The van der Waals surface area contributed by atoms with Crippen LogP contribution in [0.15, 0.2) is 12.3 Å². The van der Waals surface area contributed by atoms with E-state index >= 15 is 0 Å². The molecule has 6 heteroatoms. The first kappa shape index (κ1) is 11.4. The lowest BCUT2D eigenvalue weighted by atomic mass is 10.1. The zero-order valence-electron chi connectivity index (χ0n) is 8.58. The van der Waals surface area contributed by atoms with Crippen LogP contribution in [0.1, 0.15) is 12.8 Å². The maximum absolute atomic E-state index is 13.3. The lowest BCUT2D eigenvalue weighted by Crippen LogP contribution is -2.30. The summed E-state index contributed by atoms with van der Waals surface area (Å²) in [6.07, 6.45) is 2.43. The first-order valence-corrected chi connectivity index (χ1v) is 6.56. The number of hydrogen-bond acceptors (Lipinski definition) is 3. The molecule has 1 aromatic rings. The molecular weight excluding hydrogens is 234 g/mol. The quantitative estimate of drug-likeness (QED) is 0.863. The molecule has 88 valence electrons. The van der Waals surface area contributed by atoms with Gasteiger partial charge in [0, 0.05) is 34.4 Å². The Balaban J connectivity index is 2.01. The van der Waals surface area contributed by atoms with E-state index in [1.165, 1.54) is 0 Å². The van der Waals surface area contributed by atoms with Crippen LogP contribution in [0.4, 0.5) is 14.6 Å². The second-order valence-corrected chi connectivity index (χ2v) is 5.45. The van der Waals surface area contributed by atoms with Gasteiger partial charge in [0.2, 0.25) is 0 Å². The molecule has 16 heavy (non-hydrogen) atoms. The average Bonchev–Trinajstić information content (AvgIpc) is 2.25. The summed E-state index contributed by atoms with van der Waals surface area (Å²) in [7, 11) is -0.742. The molecule has 0 aromatic carbocycles.